The van der Waals surface area contributed by atoms with Crippen molar-refractivity contribution in [1.29, 1.82) is 0 Å². The highest BCUT2D eigenvalue weighted by atomic mass is 19.4. The molecule has 0 fully saturated rings. The standard InChI is InChI=1S/C18H15F4N5O2/c1-23-7-13(9-2-3-12(19)11(6-9)18(20,21)22)27-16-15-14(25-8-26-16)10(17(28)29)4-5-24-15/h2-6,8,13,23H,7H2,1H3,(H,28,29)(H,25,26,27)/t13-/m1/s1. The summed E-state index contributed by atoms with van der Waals surface area (Å²) in [5.74, 6) is -2.44. The van der Waals surface area contributed by atoms with Crippen molar-refractivity contribution in [2.45, 2.75) is 12.2 Å². The molecule has 0 unspecified atom stereocenters. The Hall–Kier alpha value is -3.34. The van der Waals surface area contributed by atoms with Crippen molar-refractivity contribution < 1.29 is 27.5 Å². The number of hydrogen-bond donors (Lipinski definition) is 3. The van der Waals surface area contributed by atoms with Crippen molar-refractivity contribution in [3.05, 3.63) is 59.3 Å². The Morgan fingerprint density at radius 2 is 1.93 bits per heavy atom. The smallest absolute Gasteiger partial charge is 0.419 e. The second-order valence-electron chi connectivity index (χ2n) is 6.07. The fraction of sp³-hybridized carbons (Fsp3) is 0.222. The first-order valence-corrected chi connectivity index (χ1v) is 8.33. The fourth-order valence-corrected chi connectivity index (χ4v) is 2.84. The highest BCUT2D eigenvalue weighted by Crippen LogP contribution is 2.34. The minimum absolute atomic E-state index is 0.0794. The number of aromatic nitrogens is 3. The average molecular weight is 409 g/mol. The van der Waals surface area contributed by atoms with Crippen LogP contribution >= 0.6 is 0 Å². The van der Waals surface area contributed by atoms with Crippen molar-refractivity contribution >= 4 is 22.8 Å². The maximum absolute atomic E-state index is 13.6. The average Bonchev–Trinajstić information content (AvgIpc) is 2.67. The van der Waals surface area contributed by atoms with E-state index in [2.05, 4.69) is 25.6 Å². The molecular formula is C18H15F4N5O2. The van der Waals surface area contributed by atoms with Crippen LogP contribution in [0, 0.1) is 5.82 Å². The van der Waals surface area contributed by atoms with E-state index in [4.69, 9.17) is 0 Å². The molecular weight excluding hydrogens is 394 g/mol. The zero-order valence-corrected chi connectivity index (χ0v) is 15.0. The second-order valence-corrected chi connectivity index (χ2v) is 6.07. The van der Waals surface area contributed by atoms with Gasteiger partial charge in [0.25, 0.3) is 0 Å². The summed E-state index contributed by atoms with van der Waals surface area (Å²) >= 11 is 0. The molecule has 152 valence electrons. The molecule has 29 heavy (non-hydrogen) atoms. The number of rotatable bonds is 6. The van der Waals surface area contributed by atoms with Gasteiger partial charge in [0.15, 0.2) is 5.82 Å². The lowest BCUT2D eigenvalue weighted by atomic mass is 10.0. The number of likely N-dealkylation sites (N-methyl/N-ethyl adjacent to an activating group) is 1. The highest BCUT2D eigenvalue weighted by molar-refractivity contribution is 6.02. The molecule has 0 spiro atoms. The van der Waals surface area contributed by atoms with Crippen LogP contribution in [0.4, 0.5) is 23.4 Å². The van der Waals surface area contributed by atoms with Gasteiger partial charge in [-0.1, -0.05) is 6.07 Å². The van der Waals surface area contributed by atoms with E-state index in [1.54, 1.807) is 7.05 Å². The molecule has 2 aromatic heterocycles. The van der Waals surface area contributed by atoms with E-state index in [0.717, 1.165) is 18.5 Å². The molecule has 0 aliphatic rings. The number of carbonyl (C=O) groups is 1. The highest BCUT2D eigenvalue weighted by Gasteiger charge is 2.34. The van der Waals surface area contributed by atoms with Crippen LogP contribution in [0.25, 0.3) is 11.0 Å². The molecule has 11 heteroatoms. The topological polar surface area (TPSA) is 100 Å². The van der Waals surface area contributed by atoms with Gasteiger partial charge in [-0.25, -0.2) is 19.2 Å². The summed E-state index contributed by atoms with van der Waals surface area (Å²) in [6.45, 7) is 0.174. The van der Waals surface area contributed by atoms with E-state index in [1.165, 1.54) is 18.3 Å². The summed E-state index contributed by atoms with van der Waals surface area (Å²) in [5.41, 5.74) is -1.08. The number of anilines is 1. The Labute approximate surface area is 161 Å². The van der Waals surface area contributed by atoms with Gasteiger partial charge < -0.3 is 15.7 Å². The van der Waals surface area contributed by atoms with Gasteiger partial charge in [-0.2, -0.15) is 13.2 Å². The maximum Gasteiger partial charge on any atom is 0.419 e. The van der Waals surface area contributed by atoms with E-state index >= 15 is 0 Å². The SMILES string of the molecule is CNC[C@@H](Nc1ncnc2c(C(=O)O)ccnc12)c1ccc(F)c(C(F)(F)F)c1. The van der Waals surface area contributed by atoms with Gasteiger partial charge in [0.2, 0.25) is 0 Å². The minimum atomic E-state index is -4.84. The largest absolute Gasteiger partial charge is 0.478 e. The normalized spacial score (nSPS) is 12.7. The number of halogens is 4. The predicted molar refractivity (Wildman–Crippen MR) is 96.0 cm³/mol. The number of aromatic carboxylic acids is 1. The van der Waals surface area contributed by atoms with Crippen molar-refractivity contribution in [1.82, 2.24) is 20.3 Å². The molecule has 3 N–H and O–H groups in total. The van der Waals surface area contributed by atoms with Crippen LogP contribution in [0.1, 0.15) is 27.5 Å². The first-order valence-electron chi connectivity index (χ1n) is 8.33. The van der Waals surface area contributed by atoms with Gasteiger partial charge in [-0.3, -0.25) is 4.98 Å². The third-order valence-corrected chi connectivity index (χ3v) is 4.17. The van der Waals surface area contributed by atoms with Crippen LogP contribution in [-0.4, -0.2) is 39.6 Å². The molecule has 0 aliphatic heterocycles. The van der Waals surface area contributed by atoms with Gasteiger partial charge in [-0.15, -0.1) is 0 Å². The lowest BCUT2D eigenvalue weighted by Gasteiger charge is -2.21. The van der Waals surface area contributed by atoms with Crippen molar-refractivity contribution in [2.75, 3.05) is 18.9 Å². The molecule has 0 saturated heterocycles. The molecule has 1 atom stereocenters. The van der Waals surface area contributed by atoms with E-state index in [9.17, 15) is 27.5 Å². The predicted octanol–water partition coefficient (Wildman–Crippen LogP) is 3.25. The molecule has 0 amide bonds. The zero-order valence-electron chi connectivity index (χ0n) is 15.0. The number of carboxylic acids is 1. The number of pyridine rings is 1. The van der Waals surface area contributed by atoms with Gasteiger partial charge in [0, 0.05) is 12.7 Å². The first-order chi connectivity index (χ1) is 13.7. The van der Waals surface area contributed by atoms with Crippen LogP contribution in [0.5, 0.6) is 0 Å². The van der Waals surface area contributed by atoms with Crippen LogP contribution in [0.3, 0.4) is 0 Å². The van der Waals surface area contributed by atoms with Gasteiger partial charge in [0.05, 0.1) is 17.2 Å². The molecule has 0 aliphatic carbocycles. The van der Waals surface area contributed by atoms with Gasteiger partial charge in [-0.05, 0) is 30.8 Å². The van der Waals surface area contributed by atoms with E-state index in [0.29, 0.717) is 0 Å². The Kier molecular flexibility index (Phi) is 5.59. The second kappa shape index (κ2) is 7.95. The zero-order chi connectivity index (χ0) is 21.2. The fourth-order valence-electron chi connectivity index (χ4n) is 2.84. The van der Waals surface area contributed by atoms with E-state index < -0.39 is 29.6 Å². The summed E-state index contributed by atoms with van der Waals surface area (Å²) in [5, 5.41) is 15.1. The minimum Gasteiger partial charge on any atom is -0.478 e. The Balaban J connectivity index is 2.05. The number of alkyl halides is 3. The van der Waals surface area contributed by atoms with Crippen molar-refractivity contribution in [3.8, 4) is 0 Å². The number of nitrogens with one attached hydrogen (secondary N) is 2. The van der Waals surface area contributed by atoms with Crippen molar-refractivity contribution in [3.63, 3.8) is 0 Å². The summed E-state index contributed by atoms with van der Waals surface area (Å²) in [7, 11) is 1.60. The summed E-state index contributed by atoms with van der Waals surface area (Å²) < 4.78 is 52.8. The van der Waals surface area contributed by atoms with Crippen LogP contribution in [-0.2, 0) is 6.18 Å². The van der Waals surface area contributed by atoms with Crippen molar-refractivity contribution in [2.24, 2.45) is 0 Å². The number of hydrogen-bond acceptors (Lipinski definition) is 6. The van der Waals surface area contributed by atoms with Crippen LogP contribution < -0.4 is 10.6 Å². The third kappa shape index (κ3) is 4.24. The molecule has 1 aromatic carbocycles. The summed E-state index contributed by atoms with van der Waals surface area (Å²) in [4.78, 5) is 23.4. The quantitative estimate of drug-likeness (QED) is 0.538. The number of benzene rings is 1. The van der Waals surface area contributed by atoms with Gasteiger partial charge >= 0.3 is 12.1 Å². The summed E-state index contributed by atoms with van der Waals surface area (Å²) in [6, 6.07) is 3.25. The van der Waals surface area contributed by atoms with E-state index in [-0.39, 0.29) is 34.5 Å². The Morgan fingerprint density at radius 3 is 2.59 bits per heavy atom. The monoisotopic (exact) mass is 409 g/mol. The molecule has 0 radical (unpaired) electrons. The molecule has 3 aromatic rings. The molecule has 7 nitrogen and oxygen atoms in total. The number of fused-ring (bicyclic) bond motifs is 1. The molecule has 0 saturated carbocycles. The molecule has 3 rings (SSSR count). The van der Waals surface area contributed by atoms with Crippen LogP contribution in [0.15, 0.2) is 36.8 Å². The third-order valence-electron chi connectivity index (χ3n) is 4.17. The summed E-state index contributed by atoms with van der Waals surface area (Å²) in [6.07, 6.45) is -2.45. The Morgan fingerprint density at radius 1 is 1.17 bits per heavy atom. The first kappa shape index (κ1) is 20.4. The van der Waals surface area contributed by atoms with E-state index in [1.807, 2.05) is 0 Å². The molecule has 2 heterocycles. The van der Waals surface area contributed by atoms with Gasteiger partial charge in [0.1, 0.15) is 23.2 Å². The number of nitrogens with zero attached hydrogens (tertiary/aromatic N) is 3. The molecule has 0 bridgehead atoms. The lowest BCUT2D eigenvalue weighted by molar-refractivity contribution is -0.140. The Bertz CT molecular complexity index is 1060. The number of carboxylic acid groups (broad SMARTS) is 1. The maximum atomic E-state index is 13.6. The van der Waals surface area contributed by atoms with Crippen LogP contribution in [0.2, 0.25) is 0 Å². The lowest BCUT2D eigenvalue weighted by Crippen LogP contribution is -2.25.